The van der Waals surface area contributed by atoms with E-state index in [2.05, 4.69) is 217 Å². The zero-order chi connectivity index (χ0) is 37.0. The van der Waals surface area contributed by atoms with Crippen LogP contribution in [0, 0.1) is 0 Å². The van der Waals surface area contributed by atoms with Gasteiger partial charge < -0.3 is 4.90 Å². The van der Waals surface area contributed by atoms with Crippen LogP contribution >= 0.6 is 11.3 Å². The Morgan fingerprint density at radius 1 is 0.304 bits per heavy atom. The summed E-state index contributed by atoms with van der Waals surface area (Å²) >= 11 is 1.86. The van der Waals surface area contributed by atoms with Crippen LogP contribution in [0.3, 0.4) is 0 Å². The number of benzene rings is 10. The van der Waals surface area contributed by atoms with Crippen LogP contribution in [0.5, 0.6) is 0 Å². The quantitative estimate of drug-likeness (QED) is 0.154. The average molecular weight is 730 g/mol. The maximum Gasteiger partial charge on any atom is 0.0554 e. The van der Waals surface area contributed by atoms with Crippen molar-refractivity contribution >= 4 is 80.9 Å². The minimum Gasteiger partial charge on any atom is -0.310 e. The number of fused-ring (bicyclic) bond motifs is 7. The second-order valence-corrected chi connectivity index (χ2v) is 15.6. The van der Waals surface area contributed by atoms with Crippen molar-refractivity contribution in [3.05, 3.63) is 212 Å². The van der Waals surface area contributed by atoms with E-state index in [9.17, 15) is 0 Å². The van der Waals surface area contributed by atoms with Crippen LogP contribution in [0.15, 0.2) is 212 Å². The summed E-state index contributed by atoms with van der Waals surface area (Å²) in [5.41, 5.74) is 10.7. The summed E-state index contributed by atoms with van der Waals surface area (Å²) in [6, 6.07) is 77.7. The highest BCUT2D eigenvalue weighted by molar-refractivity contribution is 7.26. The molecule has 11 rings (SSSR count). The van der Waals surface area contributed by atoms with Crippen LogP contribution in [0.4, 0.5) is 17.1 Å². The molecule has 1 aromatic heterocycles. The second-order valence-electron chi connectivity index (χ2n) is 14.5. The molecule has 0 radical (unpaired) electrons. The normalized spacial score (nSPS) is 11.6. The van der Waals surface area contributed by atoms with E-state index in [-0.39, 0.29) is 0 Å². The van der Waals surface area contributed by atoms with Gasteiger partial charge in [0.05, 0.1) is 5.69 Å². The van der Waals surface area contributed by atoms with Gasteiger partial charge >= 0.3 is 0 Å². The lowest BCUT2D eigenvalue weighted by molar-refractivity contribution is 1.30. The topological polar surface area (TPSA) is 3.24 Å². The number of nitrogens with zero attached hydrogens (tertiary/aromatic N) is 1. The molecule has 1 heterocycles. The van der Waals surface area contributed by atoms with Gasteiger partial charge in [-0.2, -0.15) is 0 Å². The Kier molecular flexibility index (Phi) is 7.75. The van der Waals surface area contributed by atoms with E-state index < -0.39 is 0 Å². The van der Waals surface area contributed by atoms with Gasteiger partial charge in [0, 0.05) is 31.5 Å². The molecule has 0 bridgehead atoms. The maximum absolute atomic E-state index is 2.43. The van der Waals surface area contributed by atoms with E-state index in [4.69, 9.17) is 0 Å². The molecular formula is C54H35NS. The molecule has 0 unspecified atom stereocenters. The third-order valence-corrected chi connectivity index (χ3v) is 12.4. The average Bonchev–Trinajstić information content (AvgIpc) is 3.66. The largest absolute Gasteiger partial charge is 0.310 e. The fourth-order valence-corrected chi connectivity index (χ4v) is 9.62. The summed E-state index contributed by atoms with van der Waals surface area (Å²) in [5, 5.41) is 10.1. The van der Waals surface area contributed by atoms with Gasteiger partial charge in [-0.15, -0.1) is 11.3 Å². The molecule has 0 N–H and O–H groups in total. The van der Waals surface area contributed by atoms with Crippen LogP contribution in [-0.4, -0.2) is 0 Å². The number of thiophene rings is 1. The van der Waals surface area contributed by atoms with E-state index >= 15 is 0 Å². The lowest BCUT2D eigenvalue weighted by Gasteiger charge is -2.27. The SMILES string of the molecule is c1ccc(-c2ccc3ccc(-c4ccc(N(c5ccc(-c6cc7ccccc7c7ccccc67)cc5)c5cccc6sc7ccccc7c56)cc4)cc3c2)cc1. The molecule has 0 aliphatic carbocycles. The number of rotatable bonds is 6. The summed E-state index contributed by atoms with van der Waals surface area (Å²) in [7, 11) is 0. The van der Waals surface area contributed by atoms with Crippen LogP contribution in [-0.2, 0) is 0 Å². The molecule has 0 aliphatic rings. The molecule has 0 saturated heterocycles. The Balaban J connectivity index is 1.03. The van der Waals surface area contributed by atoms with Crippen molar-refractivity contribution in [1.82, 2.24) is 0 Å². The highest BCUT2D eigenvalue weighted by Crippen LogP contribution is 2.46. The highest BCUT2D eigenvalue weighted by Gasteiger charge is 2.19. The summed E-state index contributed by atoms with van der Waals surface area (Å²) in [6.45, 7) is 0. The molecule has 2 heteroatoms. The Hall–Kier alpha value is -7.00. The van der Waals surface area contributed by atoms with Crippen molar-refractivity contribution in [2.75, 3.05) is 4.90 Å². The smallest absolute Gasteiger partial charge is 0.0554 e. The van der Waals surface area contributed by atoms with Gasteiger partial charge in [0.2, 0.25) is 0 Å². The summed E-state index contributed by atoms with van der Waals surface area (Å²) in [4.78, 5) is 2.43. The lowest BCUT2D eigenvalue weighted by Crippen LogP contribution is -2.10. The Morgan fingerprint density at radius 3 is 1.59 bits per heavy atom. The standard InChI is InChI=1S/C54H35NS/c1-2-11-36(12-3-1)40-23-21-38-22-24-41(34-43(38)33-40)37-25-29-44(30-26-37)55(51-18-10-20-53-54(51)49-17-8-9-19-52(49)56-53)45-31-27-39(28-32-45)50-35-42-13-4-5-14-46(42)47-15-6-7-16-48(47)50/h1-35H. The highest BCUT2D eigenvalue weighted by atomic mass is 32.1. The van der Waals surface area contributed by atoms with E-state index in [0.717, 1.165) is 11.4 Å². The van der Waals surface area contributed by atoms with Crippen molar-refractivity contribution in [2.45, 2.75) is 0 Å². The van der Waals surface area contributed by atoms with Crippen molar-refractivity contribution in [3.63, 3.8) is 0 Å². The van der Waals surface area contributed by atoms with Crippen LogP contribution in [0.1, 0.15) is 0 Å². The molecular weight excluding hydrogens is 695 g/mol. The zero-order valence-corrected chi connectivity index (χ0v) is 31.4. The van der Waals surface area contributed by atoms with Gasteiger partial charge in [-0.1, -0.05) is 152 Å². The third kappa shape index (κ3) is 5.54. The molecule has 0 amide bonds. The Labute approximate surface area is 330 Å². The summed E-state index contributed by atoms with van der Waals surface area (Å²) in [6.07, 6.45) is 0. The first kappa shape index (κ1) is 32.4. The second kappa shape index (κ2) is 13.4. The van der Waals surface area contributed by atoms with E-state index in [1.807, 2.05) is 11.3 Å². The van der Waals surface area contributed by atoms with Gasteiger partial charge in [0.15, 0.2) is 0 Å². The molecule has 0 atom stereocenters. The number of hydrogen-bond acceptors (Lipinski definition) is 2. The monoisotopic (exact) mass is 729 g/mol. The van der Waals surface area contributed by atoms with Gasteiger partial charge in [0.25, 0.3) is 0 Å². The third-order valence-electron chi connectivity index (χ3n) is 11.2. The van der Waals surface area contributed by atoms with Gasteiger partial charge in [-0.05, 0) is 126 Å². The van der Waals surface area contributed by atoms with Crippen molar-refractivity contribution < 1.29 is 0 Å². The predicted octanol–water partition coefficient (Wildman–Crippen LogP) is 16.0. The first-order valence-electron chi connectivity index (χ1n) is 19.2. The molecule has 1 nitrogen and oxygen atoms in total. The van der Waals surface area contributed by atoms with Gasteiger partial charge in [0.1, 0.15) is 0 Å². The first-order valence-corrected chi connectivity index (χ1v) is 20.0. The molecule has 10 aromatic carbocycles. The molecule has 0 fully saturated rings. The van der Waals surface area contributed by atoms with E-state index in [1.54, 1.807) is 0 Å². The fourth-order valence-electron chi connectivity index (χ4n) is 8.49. The van der Waals surface area contributed by atoms with Gasteiger partial charge in [-0.25, -0.2) is 0 Å². The molecule has 0 spiro atoms. The van der Waals surface area contributed by atoms with E-state index in [0.29, 0.717) is 0 Å². The molecule has 262 valence electrons. The molecule has 0 aliphatic heterocycles. The van der Waals surface area contributed by atoms with Crippen LogP contribution < -0.4 is 4.90 Å². The molecule has 11 aromatic rings. The van der Waals surface area contributed by atoms with E-state index in [1.165, 1.54) is 91.6 Å². The number of anilines is 3. The predicted molar refractivity (Wildman–Crippen MR) is 243 cm³/mol. The minimum atomic E-state index is 1.12. The van der Waals surface area contributed by atoms with Gasteiger partial charge in [-0.3, -0.25) is 0 Å². The maximum atomic E-state index is 2.43. The summed E-state index contributed by atoms with van der Waals surface area (Å²) < 4.78 is 2.59. The number of hydrogen-bond donors (Lipinski definition) is 0. The Bertz CT molecular complexity index is 3230. The van der Waals surface area contributed by atoms with Crippen molar-refractivity contribution in [2.24, 2.45) is 0 Å². The molecule has 0 saturated carbocycles. The zero-order valence-electron chi connectivity index (χ0n) is 30.6. The lowest BCUT2D eigenvalue weighted by atomic mass is 9.93. The van der Waals surface area contributed by atoms with Crippen molar-refractivity contribution in [1.29, 1.82) is 0 Å². The summed E-state index contributed by atoms with van der Waals surface area (Å²) in [5.74, 6) is 0. The Morgan fingerprint density at radius 2 is 0.857 bits per heavy atom. The fraction of sp³-hybridized carbons (Fsp3) is 0. The molecule has 56 heavy (non-hydrogen) atoms. The van der Waals surface area contributed by atoms with Crippen LogP contribution in [0.25, 0.3) is 85.9 Å². The van der Waals surface area contributed by atoms with Crippen molar-refractivity contribution in [3.8, 4) is 33.4 Å². The van der Waals surface area contributed by atoms with Crippen LogP contribution in [0.2, 0.25) is 0 Å². The first-order chi connectivity index (χ1) is 27.7. The minimum absolute atomic E-state index is 1.12.